The third-order valence-electron chi connectivity index (χ3n) is 3.96. The van der Waals surface area contributed by atoms with Gasteiger partial charge in [-0.05, 0) is 36.8 Å². The van der Waals surface area contributed by atoms with Crippen molar-refractivity contribution in [2.75, 3.05) is 19.8 Å². The third kappa shape index (κ3) is 6.76. The van der Waals surface area contributed by atoms with Crippen LogP contribution in [0.25, 0.3) is 0 Å². The quantitative estimate of drug-likeness (QED) is 0.521. The van der Waals surface area contributed by atoms with E-state index in [0.29, 0.717) is 25.2 Å². The molecular weight excluding hydrogens is 310 g/mol. The molecule has 0 aromatic heterocycles. The molecule has 1 aromatic carbocycles. The predicted octanol–water partition coefficient (Wildman–Crippen LogP) is 1.82. The molecule has 0 heterocycles. The van der Waals surface area contributed by atoms with Gasteiger partial charge in [-0.3, -0.25) is 4.79 Å². The first-order chi connectivity index (χ1) is 11.4. The van der Waals surface area contributed by atoms with Crippen LogP contribution in [0.1, 0.15) is 32.8 Å². The van der Waals surface area contributed by atoms with Crippen LogP contribution in [-0.4, -0.2) is 47.1 Å². The molecule has 4 N–H and O–H groups in total. The second-order valence-corrected chi connectivity index (χ2v) is 6.35. The van der Waals surface area contributed by atoms with E-state index in [9.17, 15) is 20.1 Å². The molecule has 0 saturated heterocycles. The summed E-state index contributed by atoms with van der Waals surface area (Å²) in [6.07, 6.45) is 0.514. The number of phenolic OH excluding ortho intramolecular Hbond substituents is 2. The van der Waals surface area contributed by atoms with Crippen LogP contribution in [0.15, 0.2) is 18.2 Å². The zero-order valence-electron chi connectivity index (χ0n) is 14.7. The summed E-state index contributed by atoms with van der Waals surface area (Å²) in [6, 6.07) is 4.25. The number of ether oxygens (including phenoxy) is 1. The van der Waals surface area contributed by atoms with Gasteiger partial charge < -0.3 is 25.4 Å². The van der Waals surface area contributed by atoms with E-state index in [0.717, 1.165) is 0 Å². The van der Waals surface area contributed by atoms with Crippen molar-refractivity contribution in [3.63, 3.8) is 0 Å². The number of aromatic hydroxyl groups is 2. The van der Waals surface area contributed by atoms with Gasteiger partial charge >= 0.3 is 0 Å². The van der Waals surface area contributed by atoms with Gasteiger partial charge in [0.05, 0.1) is 12.6 Å². The zero-order chi connectivity index (χ0) is 18.1. The highest BCUT2D eigenvalue weighted by Crippen LogP contribution is 2.25. The summed E-state index contributed by atoms with van der Waals surface area (Å²) in [4.78, 5) is 12.2. The molecular formula is C18H29NO5. The van der Waals surface area contributed by atoms with Crippen molar-refractivity contribution in [2.45, 2.75) is 39.7 Å². The normalized spacial score (nSPS) is 13.7. The Bertz CT molecular complexity index is 518. The monoisotopic (exact) mass is 339 g/mol. The first-order valence-electron chi connectivity index (χ1n) is 8.36. The van der Waals surface area contributed by atoms with Gasteiger partial charge in [-0.25, -0.2) is 0 Å². The fourth-order valence-corrected chi connectivity index (χ4v) is 2.41. The van der Waals surface area contributed by atoms with Crippen LogP contribution in [0, 0.1) is 11.8 Å². The Morgan fingerprint density at radius 3 is 2.54 bits per heavy atom. The molecule has 0 bridgehead atoms. The fourth-order valence-electron chi connectivity index (χ4n) is 2.41. The van der Waals surface area contributed by atoms with Crippen LogP contribution in [0.4, 0.5) is 0 Å². The molecule has 1 rings (SSSR count). The van der Waals surface area contributed by atoms with E-state index in [4.69, 9.17) is 4.74 Å². The fraction of sp³-hybridized carbons (Fsp3) is 0.611. The van der Waals surface area contributed by atoms with Gasteiger partial charge in [0.2, 0.25) is 5.91 Å². The minimum Gasteiger partial charge on any atom is -0.508 e. The molecule has 0 aliphatic heterocycles. The molecule has 2 atom stereocenters. The SMILES string of the molecule is CCOCC(NC(=O)CC(CO)Cc1ccc(O)cc1O)C(C)C. The number of rotatable bonds is 10. The molecule has 0 fully saturated rings. The molecule has 0 aliphatic carbocycles. The first-order valence-corrected chi connectivity index (χ1v) is 8.36. The van der Waals surface area contributed by atoms with E-state index in [2.05, 4.69) is 5.32 Å². The van der Waals surface area contributed by atoms with Crippen molar-refractivity contribution in [1.82, 2.24) is 5.32 Å². The lowest BCUT2D eigenvalue weighted by atomic mass is 9.95. The van der Waals surface area contributed by atoms with Crippen LogP contribution in [0.5, 0.6) is 11.5 Å². The van der Waals surface area contributed by atoms with E-state index in [1.807, 2.05) is 20.8 Å². The highest BCUT2D eigenvalue weighted by molar-refractivity contribution is 5.76. The van der Waals surface area contributed by atoms with Crippen LogP contribution >= 0.6 is 0 Å². The molecule has 6 heteroatoms. The summed E-state index contributed by atoms with van der Waals surface area (Å²) in [5, 5.41) is 31.6. The minimum atomic E-state index is -0.305. The van der Waals surface area contributed by atoms with Crippen molar-refractivity contribution >= 4 is 5.91 Å². The highest BCUT2D eigenvalue weighted by atomic mass is 16.5. The minimum absolute atomic E-state index is 0.0229. The molecule has 0 aliphatic rings. The maximum Gasteiger partial charge on any atom is 0.220 e. The van der Waals surface area contributed by atoms with Crippen LogP contribution in [0.3, 0.4) is 0 Å². The lowest BCUT2D eigenvalue weighted by molar-refractivity contribution is -0.123. The number of hydrogen-bond donors (Lipinski definition) is 4. The number of benzene rings is 1. The van der Waals surface area contributed by atoms with Crippen molar-refractivity contribution in [3.8, 4) is 11.5 Å². The second-order valence-electron chi connectivity index (χ2n) is 6.35. The van der Waals surface area contributed by atoms with Gasteiger partial charge in [0, 0.05) is 25.7 Å². The third-order valence-corrected chi connectivity index (χ3v) is 3.96. The Morgan fingerprint density at radius 2 is 2.00 bits per heavy atom. The summed E-state index contributed by atoms with van der Waals surface area (Å²) >= 11 is 0. The van der Waals surface area contributed by atoms with E-state index >= 15 is 0 Å². The summed E-state index contributed by atoms with van der Waals surface area (Å²) in [6.45, 7) is 6.83. The highest BCUT2D eigenvalue weighted by Gasteiger charge is 2.20. The number of phenols is 2. The molecule has 136 valence electrons. The zero-order valence-corrected chi connectivity index (χ0v) is 14.7. The molecule has 1 amide bonds. The molecule has 0 spiro atoms. The van der Waals surface area contributed by atoms with Gasteiger partial charge in [-0.2, -0.15) is 0 Å². The van der Waals surface area contributed by atoms with Gasteiger partial charge in [-0.1, -0.05) is 19.9 Å². The Balaban J connectivity index is 2.61. The van der Waals surface area contributed by atoms with Crippen LogP contribution < -0.4 is 5.32 Å². The number of amides is 1. The first kappa shape index (κ1) is 20.3. The van der Waals surface area contributed by atoms with Crippen LogP contribution in [0.2, 0.25) is 0 Å². The number of aliphatic hydroxyl groups excluding tert-OH is 1. The van der Waals surface area contributed by atoms with E-state index in [1.165, 1.54) is 12.1 Å². The van der Waals surface area contributed by atoms with E-state index < -0.39 is 0 Å². The maximum absolute atomic E-state index is 12.2. The van der Waals surface area contributed by atoms with Gasteiger partial charge in [0.25, 0.3) is 0 Å². The largest absolute Gasteiger partial charge is 0.508 e. The molecule has 24 heavy (non-hydrogen) atoms. The van der Waals surface area contributed by atoms with E-state index in [-0.39, 0.29) is 48.3 Å². The summed E-state index contributed by atoms with van der Waals surface area (Å²) in [5.41, 5.74) is 0.592. The van der Waals surface area contributed by atoms with Crippen molar-refractivity contribution in [3.05, 3.63) is 23.8 Å². The second kappa shape index (κ2) is 10.2. The van der Waals surface area contributed by atoms with Gasteiger partial charge in [0.1, 0.15) is 11.5 Å². The molecule has 6 nitrogen and oxygen atoms in total. The average molecular weight is 339 g/mol. The maximum atomic E-state index is 12.2. The Kier molecular flexibility index (Phi) is 8.57. The van der Waals surface area contributed by atoms with Gasteiger partial charge in [0.15, 0.2) is 0 Å². The lowest BCUT2D eigenvalue weighted by Gasteiger charge is -2.23. The van der Waals surface area contributed by atoms with Crippen molar-refractivity contribution in [1.29, 1.82) is 0 Å². The summed E-state index contributed by atoms with van der Waals surface area (Å²) in [7, 11) is 0. The molecule has 0 radical (unpaired) electrons. The summed E-state index contributed by atoms with van der Waals surface area (Å²) in [5.74, 6) is -0.268. The molecule has 2 unspecified atom stereocenters. The number of nitrogens with one attached hydrogen (secondary N) is 1. The summed E-state index contributed by atoms with van der Waals surface area (Å²) < 4.78 is 5.39. The number of carbonyl (C=O) groups excluding carboxylic acids is 1. The van der Waals surface area contributed by atoms with Crippen molar-refractivity contribution in [2.24, 2.45) is 11.8 Å². The van der Waals surface area contributed by atoms with Gasteiger partial charge in [-0.15, -0.1) is 0 Å². The lowest BCUT2D eigenvalue weighted by Crippen LogP contribution is -2.42. The molecule has 0 saturated carbocycles. The van der Waals surface area contributed by atoms with E-state index in [1.54, 1.807) is 6.07 Å². The topological polar surface area (TPSA) is 99.0 Å². The Labute approximate surface area is 143 Å². The number of carbonyl (C=O) groups is 1. The predicted molar refractivity (Wildman–Crippen MR) is 91.9 cm³/mol. The number of aliphatic hydroxyl groups is 1. The Hall–Kier alpha value is -1.79. The Morgan fingerprint density at radius 1 is 1.29 bits per heavy atom. The smallest absolute Gasteiger partial charge is 0.220 e. The standard InChI is InChI=1S/C18H29NO5/c1-4-24-11-16(12(2)3)19-18(23)8-13(10-20)7-14-5-6-15(21)9-17(14)22/h5-6,9,12-13,16,20-22H,4,7-8,10-11H2,1-3H3,(H,19,23). The average Bonchev–Trinajstić information content (AvgIpc) is 2.52. The van der Waals surface area contributed by atoms with Crippen molar-refractivity contribution < 1.29 is 24.9 Å². The molecule has 1 aromatic rings. The van der Waals surface area contributed by atoms with Crippen LogP contribution in [-0.2, 0) is 16.0 Å². The number of hydrogen-bond acceptors (Lipinski definition) is 5.